The van der Waals surface area contributed by atoms with Crippen LogP contribution in [0, 0.1) is 11.8 Å². The first-order valence-electron chi connectivity index (χ1n) is 8.31. The molecule has 4 nitrogen and oxygen atoms in total. The molecular formula is C16H26N2O2S. The van der Waals surface area contributed by atoms with Gasteiger partial charge in [-0.25, -0.2) is 0 Å². The maximum absolute atomic E-state index is 12.3. The van der Waals surface area contributed by atoms with Crippen LogP contribution in [-0.2, 0) is 9.53 Å². The molecule has 3 fully saturated rings. The molecule has 3 rings (SSSR count). The Morgan fingerprint density at radius 3 is 2.71 bits per heavy atom. The largest absolute Gasteiger partial charge is 0.381 e. The zero-order chi connectivity index (χ0) is 14.7. The van der Waals surface area contributed by atoms with Gasteiger partial charge in [0.25, 0.3) is 0 Å². The fraction of sp³-hybridized carbons (Fsp3) is 0.875. The number of hydrogen-bond donors (Lipinski definition) is 1. The Morgan fingerprint density at radius 2 is 2.05 bits per heavy atom. The first-order chi connectivity index (χ1) is 10.2. The van der Waals surface area contributed by atoms with Crippen molar-refractivity contribution in [1.82, 2.24) is 5.32 Å². The second-order valence-electron chi connectivity index (χ2n) is 6.73. The lowest BCUT2D eigenvalue weighted by Crippen LogP contribution is -2.40. The summed E-state index contributed by atoms with van der Waals surface area (Å²) in [6.45, 7) is 4.40. The fourth-order valence-corrected chi connectivity index (χ4v) is 4.74. The molecule has 5 heteroatoms. The second kappa shape index (κ2) is 6.69. The minimum atomic E-state index is -0.390. The van der Waals surface area contributed by atoms with Crippen LogP contribution in [0.15, 0.2) is 4.99 Å². The molecule has 1 saturated carbocycles. The van der Waals surface area contributed by atoms with Gasteiger partial charge in [0.05, 0.1) is 6.61 Å². The lowest BCUT2D eigenvalue weighted by atomic mass is 9.92. The molecule has 0 spiro atoms. The van der Waals surface area contributed by atoms with Gasteiger partial charge >= 0.3 is 0 Å². The van der Waals surface area contributed by atoms with Crippen molar-refractivity contribution in [3.05, 3.63) is 0 Å². The number of carbonyl (C=O) groups excluding carboxylic acids is 1. The van der Waals surface area contributed by atoms with Crippen LogP contribution in [0.25, 0.3) is 0 Å². The van der Waals surface area contributed by atoms with Crippen LogP contribution in [0.2, 0.25) is 0 Å². The van der Waals surface area contributed by atoms with Crippen molar-refractivity contribution in [3.8, 4) is 0 Å². The Labute approximate surface area is 131 Å². The van der Waals surface area contributed by atoms with Gasteiger partial charge in [0.1, 0.15) is 4.75 Å². The number of aliphatic imine (C=N–C) groups is 1. The van der Waals surface area contributed by atoms with Crippen molar-refractivity contribution < 1.29 is 9.53 Å². The van der Waals surface area contributed by atoms with Crippen LogP contribution in [0.5, 0.6) is 0 Å². The summed E-state index contributed by atoms with van der Waals surface area (Å²) in [7, 11) is 0. The maximum Gasteiger partial charge on any atom is 0.242 e. The summed E-state index contributed by atoms with van der Waals surface area (Å²) in [6, 6.07) is 0. The molecule has 21 heavy (non-hydrogen) atoms. The number of rotatable bonds is 3. The summed E-state index contributed by atoms with van der Waals surface area (Å²) in [6.07, 6.45) is 8.99. The van der Waals surface area contributed by atoms with Crippen LogP contribution in [0.1, 0.15) is 51.9 Å². The molecule has 0 aromatic heterocycles. The quantitative estimate of drug-likeness (QED) is 0.815. The molecule has 1 N–H and O–H groups in total. The van der Waals surface area contributed by atoms with E-state index in [0.29, 0.717) is 18.4 Å². The minimum Gasteiger partial charge on any atom is -0.381 e. The van der Waals surface area contributed by atoms with E-state index in [9.17, 15) is 4.79 Å². The molecular weight excluding hydrogens is 284 g/mol. The van der Waals surface area contributed by atoms with Crippen LogP contribution < -0.4 is 5.32 Å². The van der Waals surface area contributed by atoms with E-state index in [2.05, 4.69) is 5.32 Å². The molecule has 2 saturated heterocycles. The molecule has 1 aliphatic carbocycles. The number of nitrogens with one attached hydrogen (secondary N) is 1. The van der Waals surface area contributed by atoms with Gasteiger partial charge in [0.15, 0.2) is 5.17 Å². The van der Waals surface area contributed by atoms with E-state index in [1.165, 1.54) is 38.5 Å². The van der Waals surface area contributed by atoms with Gasteiger partial charge in [0.2, 0.25) is 5.91 Å². The Morgan fingerprint density at radius 1 is 1.29 bits per heavy atom. The molecule has 3 aliphatic rings. The predicted molar refractivity (Wildman–Crippen MR) is 86.6 cm³/mol. The predicted octanol–water partition coefficient (Wildman–Crippen LogP) is 2.97. The highest BCUT2D eigenvalue weighted by Crippen LogP contribution is 2.41. The van der Waals surface area contributed by atoms with Gasteiger partial charge in [-0.15, -0.1) is 0 Å². The summed E-state index contributed by atoms with van der Waals surface area (Å²) in [5.41, 5.74) is 0. The number of amides is 1. The third-order valence-corrected chi connectivity index (χ3v) is 6.52. The number of carbonyl (C=O) groups is 1. The van der Waals surface area contributed by atoms with E-state index in [1.807, 2.05) is 6.92 Å². The zero-order valence-electron chi connectivity index (χ0n) is 12.9. The molecule has 2 heterocycles. The molecule has 0 bridgehead atoms. The van der Waals surface area contributed by atoms with Gasteiger partial charge in [-0.2, -0.15) is 0 Å². The van der Waals surface area contributed by atoms with E-state index in [4.69, 9.17) is 9.73 Å². The minimum absolute atomic E-state index is 0.114. The molecule has 2 atom stereocenters. The van der Waals surface area contributed by atoms with E-state index in [-0.39, 0.29) is 5.91 Å². The Kier molecular flexibility index (Phi) is 4.89. The van der Waals surface area contributed by atoms with E-state index in [0.717, 1.165) is 24.7 Å². The normalized spacial score (nSPS) is 36.9. The summed E-state index contributed by atoms with van der Waals surface area (Å²) >= 11 is 1.62. The van der Waals surface area contributed by atoms with E-state index >= 15 is 0 Å². The van der Waals surface area contributed by atoms with Crippen LogP contribution in [-0.4, -0.2) is 35.6 Å². The number of hydrogen-bond acceptors (Lipinski definition) is 4. The highest BCUT2D eigenvalue weighted by molar-refractivity contribution is 8.16. The standard InChI is InChI=1S/C16H26N2O2S/c1-16(13-8-9-20-11-13)14(19)18-15(21-16)17-10-12-6-4-2-3-5-7-12/h12-13H,2-11H2,1H3,(H,17,18,19)/t13-,16?/m1/s1. The molecule has 0 aromatic carbocycles. The SMILES string of the molecule is CC1([C@@H]2CCOC2)SC(=NCC2CCCCCC2)NC1=O. The van der Waals surface area contributed by atoms with Crippen molar-refractivity contribution in [3.63, 3.8) is 0 Å². The fourth-order valence-electron chi connectivity index (χ4n) is 3.56. The lowest BCUT2D eigenvalue weighted by molar-refractivity contribution is -0.122. The molecule has 0 aromatic rings. The second-order valence-corrected chi connectivity index (χ2v) is 8.17. The van der Waals surface area contributed by atoms with Crippen molar-refractivity contribution in [2.75, 3.05) is 19.8 Å². The highest BCUT2D eigenvalue weighted by atomic mass is 32.2. The van der Waals surface area contributed by atoms with Gasteiger partial charge in [-0.3, -0.25) is 9.79 Å². The summed E-state index contributed by atoms with van der Waals surface area (Å²) in [4.78, 5) is 17.0. The van der Waals surface area contributed by atoms with Crippen molar-refractivity contribution >= 4 is 22.8 Å². The molecule has 118 valence electrons. The van der Waals surface area contributed by atoms with E-state index in [1.54, 1.807) is 11.8 Å². The Hall–Kier alpha value is -0.550. The number of amidine groups is 1. The Balaban J connectivity index is 1.59. The van der Waals surface area contributed by atoms with Crippen LogP contribution in [0.3, 0.4) is 0 Å². The third kappa shape index (κ3) is 3.45. The van der Waals surface area contributed by atoms with Gasteiger partial charge in [-0.05, 0) is 32.1 Å². The van der Waals surface area contributed by atoms with Gasteiger partial charge in [-0.1, -0.05) is 37.4 Å². The highest BCUT2D eigenvalue weighted by Gasteiger charge is 2.49. The average Bonchev–Trinajstić information content (AvgIpc) is 3.01. The molecule has 1 amide bonds. The Bertz CT molecular complexity index is 413. The first-order valence-corrected chi connectivity index (χ1v) is 9.13. The van der Waals surface area contributed by atoms with Crippen LogP contribution >= 0.6 is 11.8 Å². The van der Waals surface area contributed by atoms with Crippen molar-refractivity contribution in [1.29, 1.82) is 0 Å². The number of ether oxygens (including phenoxy) is 1. The monoisotopic (exact) mass is 310 g/mol. The molecule has 0 radical (unpaired) electrons. The summed E-state index contributed by atoms with van der Waals surface area (Å²) in [5, 5.41) is 3.83. The molecule has 2 aliphatic heterocycles. The van der Waals surface area contributed by atoms with Crippen molar-refractivity contribution in [2.45, 2.75) is 56.6 Å². The summed E-state index contributed by atoms with van der Waals surface area (Å²) in [5.74, 6) is 1.13. The third-order valence-electron chi connectivity index (χ3n) is 5.16. The van der Waals surface area contributed by atoms with E-state index < -0.39 is 4.75 Å². The average molecular weight is 310 g/mol. The van der Waals surface area contributed by atoms with Gasteiger partial charge < -0.3 is 10.1 Å². The number of thioether (sulfide) groups is 1. The van der Waals surface area contributed by atoms with Gasteiger partial charge in [0, 0.05) is 19.1 Å². The molecule has 1 unspecified atom stereocenters. The number of nitrogens with zero attached hydrogens (tertiary/aromatic N) is 1. The topological polar surface area (TPSA) is 50.7 Å². The maximum atomic E-state index is 12.3. The van der Waals surface area contributed by atoms with Crippen LogP contribution in [0.4, 0.5) is 0 Å². The zero-order valence-corrected chi connectivity index (χ0v) is 13.7. The lowest BCUT2D eigenvalue weighted by Gasteiger charge is -2.24. The smallest absolute Gasteiger partial charge is 0.242 e. The van der Waals surface area contributed by atoms with Crippen molar-refractivity contribution in [2.24, 2.45) is 16.8 Å². The summed E-state index contributed by atoms with van der Waals surface area (Å²) < 4.78 is 5.06. The first kappa shape index (κ1) is 15.3.